The molecular formula is C9H9NO. The molecule has 56 valence electrons. The van der Waals surface area contributed by atoms with E-state index >= 15 is 0 Å². The second-order valence-corrected chi connectivity index (χ2v) is 2.54. The monoisotopic (exact) mass is 147 g/mol. The van der Waals surface area contributed by atoms with Crippen LogP contribution < -0.4 is 0 Å². The fourth-order valence-corrected chi connectivity index (χ4v) is 1.04. The van der Waals surface area contributed by atoms with Crippen LogP contribution in [0.5, 0.6) is 0 Å². The van der Waals surface area contributed by atoms with Gasteiger partial charge >= 0.3 is 0 Å². The van der Waals surface area contributed by atoms with Gasteiger partial charge in [-0.2, -0.15) is 5.26 Å². The van der Waals surface area contributed by atoms with Gasteiger partial charge in [0.05, 0.1) is 6.07 Å². The molecule has 0 aromatic rings. The van der Waals surface area contributed by atoms with E-state index in [9.17, 15) is 4.79 Å². The van der Waals surface area contributed by atoms with Gasteiger partial charge in [0.2, 0.25) is 0 Å². The van der Waals surface area contributed by atoms with E-state index in [1.165, 1.54) is 6.92 Å². The number of allylic oxidation sites excluding steroid dienone is 4. The minimum atomic E-state index is 0.0393. The lowest BCUT2D eigenvalue weighted by molar-refractivity contribution is -0.113. The molecule has 0 amide bonds. The number of carbonyl (C=O) groups is 1. The van der Waals surface area contributed by atoms with Crippen molar-refractivity contribution in [3.63, 3.8) is 0 Å². The highest BCUT2D eigenvalue weighted by Crippen LogP contribution is 2.16. The minimum Gasteiger partial charge on any atom is -0.295 e. The summed E-state index contributed by atoms with van der Waals surface area (Å²) in [6.07, 6.45) is 5.14. The van der Waals surface area contributed by atoms with Gasteiger partial charge in [-0.1, -0.05) is 6.08 Å². The number of nitriles is 1. The lowest BCUT2D eigenvalue weighted by atomic mass is 9.98. The lowest BCUT2D eigenvalue weighted by Crippen LogP contribution is -1.98. The van der Waals surface area contributed by atoms with Crippen LogP contribution in [0.4, 0.5) is 0 Å². The van der Waals surface area contributed by atoms with Gasteiger partial charge in [-0.05, 0) is 25.8 Å². The van der Waals surface area contributed by atoms with Gasteiger partial charge in [0, 0.05) is 11.1 Å². The Hall–Kier alpha value is -1.36. The van der Waals surface area contributed by atoms with Crippen molar-refractivity contribution < 1.29 is 4.79 Å². The second kappa shape index (κ2) is 3.16. The van der Waals surface area contributed by atoms with Crippen LogP contribution in [-0.2, 0) is 4.79 Å². The molecule has 0 saturated heterocycles. The number of hydrogen-bond acceptors (Lipinski definition) is 2. The molecule has 1 aliphatic rings. The molecular weight excluding hydrogens is 138 g/mol. The summed E-state index contributed by atoms with van der Waals surface area (Å²) in [5.74, 6) is 0.0393. The van der Waals surface area contributed by atoms with E-state index in [0.717, 1.165) is 12.8 Å². The largest absolute Gasteiger partial charge is 0.295 e. The van der Waals surface area contributed by atoms with Gasteiger partial charge in [0.1, 0.15) is 0 Å². The Morgan fingerprint density at radius 2 is 2.45 bits per heavy atom. The summed E-state index contributed by atoms with van der Waals surface area (Å²) in [4.78, 5) is 10.8. The molecule has 2 heteroatoms. The highest BCUT2D eigenvalue weighted by atomic mass is 16.1. The normalized spacial score (nSPS) is 16.4. The maximum Gasteiger partial charge on any atom is 0.159 e. The van der Waals surface area contributed by atoms with Crippen molar-refractivity contribution in [3.8, 4) is 6.07 Å². The number of rotatable bonds is 1. The summed E-state index contributed by atoms with van der Waals surface area (Å²) in [5, 5.41) is 8.53. The zero-order valence-corrected chi connectivity index (χ0v) is 6.42. The van der Waals surface area contributed by atoms with Crippen molar-refractivity contribution >= 4 is 5.78 Å². The second-order valence-electron chi connectivity index (χ2n) is 2.54. The highest BCUT2D eigenvalue weighted by molar-refractivity contribution is 5.96. The number of Topliss-reactive ketones (excluding diaryl/α,β-unsaturated/α-hetero) is 1. The highest BCUT2D eigenvalue weighted by Gasteiger charge is 2.07. The van der Waals surface area contributed by atoms with Crippen molar-refractivity contribution in [1.29, 1.82) is 5.26 Å². The molecule has 0 unspecified atom stereocenters. The van der Waals surface area contributed by atoms with E-state index in [-0.39, 0.29) is 5.78 Å². The smallest absolute Gasteiger partial charge is 0.159 e. The first-order chi connectivity index (χ1) is 5.24. The van der Waals surface area contributed by atoms with Gasteiger partial charge in [-0.15, -0.1) is 0 Å². The van der Waals surface area contributed by atoms with Crippen molar-refractivity contribution in [1.82, 2.24) is 0 Å². The summed E-state index contributed by atoms with van der Waals surface area (Å²) in [5.41, 5.74) is 1.38. The maximum absolute atomic E-state index is 10.8. The third-order valence-electron chi connectivity index (χ3n) is 1.66. The van der Waals surface area contributed by atoms with Crippen LogP contribution in [0.2, 0.25) is 0 Å². The average Bonchev–Trinajstić information content (AvgIpc) is 2.05. The molecule has 0 atom stereocenters. The first-order valence-electron chi connectivity index (χ1n) is 3.56. The van der Waals surface area contributed by atoms with Gasteiger partial charge < -0.3 is 0 Å². The van der Waals surface area contributed by atoms with Crippen molar-refractivity contribution in [3.05, 3.63) is 23.3 Å². The molecule has 0 aliphatic heterocycles. The summed E-state index contributed by atoms with van der Waals surface area (Å²) in [6, 6.07) is 2.06. The number of carbonyl (C=O) groups excluding carboxylic acids is 1. The van der Waals surface area contributed by atoms with Crippen LogP contribution >= 0.6 is 0 Å². The van der Waals surface area contributed by atoms with E-state index in [1.807, 2.05) is 6.08 Å². The van der Waals surface area contributed by atoms with Crippen molar-refractivity contribution in [2.24, 2.45) is 0 Å². The molecule has 0 spiro atoms. The molecule has 1 aliphatic carbocycles. The Morgan fingerprint density at radius 1 is 1.73 bits per heavy atom. The molecule has 0 N–H and O–H groups in total. The molecule has 0 heterocycles. The molecule has 0 aromatic heterocycles. The molecule has 0 fully saturated rings. The Morgan fingerprint density at radius 3 is 3.00 bits per heavy atom. The van der Waals surface area contributed by atoms with Crippen molar-refractivity contribution in [2.45, 2.75) is 19.8 Å². The summed E-state index contributed by atoms with van der Waals surface area (Å²) >= 11 is 0. The quantitative estimate of drug-likeness (QED) is 0.566. The Bertz CT molecular complexity index is 278. The SMILES string of the molecule is CC(=O)C1=CCCC(C#N)=C1. The molecule has 0 aromatic carbocycles. The number of nitrogens with zero attached hydrogens (tertiary/aromatic N) is 1. The Balaban J connectivity index is 2.87. The average molecular weight is 147 g/mol. The van der Waals surface area contributed by atoms with Crippen LogP contribution in [0, 0.1) is 11.3 Å². The van der Waals surface area contributed by atoms with Gasteiger partial charge in [-0.25, -0.2) is 0 Å². The predicted molar refractivity (Wildman–Crippen MR) is 41.7 cm³/mol. The van der Waals surface area contributed by atoms with Crippen LogP contribution in [0.15, 0.2) is 23.3 Å². The van der Waals surface area contributed by atoms with Crippen molar-refractivity contribution in [2.75, 3.05) is 0 Å². The molecule has 0 radical (unpaired) electrons. The molecule has 11 heavy (non-hydrogen) atoms. The minimum absolute atomic E-state index is 0.0393. The first-order valence-corrected chi connectivity index (χ1v) is 3.56. The topological polar surface area (TPSA) is 40.9 Å². The van der Waals surface area contributed by atoms with Crippen LogP contribution in [0.3, 0.4) is 0 Å². The third-order valence-corrected chi connectivity index (χ3v) is 1.66. The number of hydrogen-bond donors (Lipinski definition) is 0. The van der Waals surface area contributed by atoms with Crippen LogP contribution in [-0.4, -0.2) is 5.78 Å². The predicted octanol–water partition coefficient (Wildman–Crippen LogP) is 1.75. The first kappa shape index (κ1) is 7.74. The number of ketones is 1. The molecule has 2 nitrogen and oxygen atoms in total. The van der Waals surface area contributed by atoms with Crippen LogP contribution in [0.1, 0.15) is 19.8 Å². The fourth-order valence-electron chi connectivity index (χ4n) is 1.04. The van der Waals surface area contributed by atoms with E-state index in [1.54, 1.807) is 6.08 Å². The maximum atomic E-state index is 10.8. The standard InChI is InChI=1S/C9H9NO/c1-7(11)9-4-2-3-8(5-9)6-10/h4-5H,2-3H2,1H3. The van der Waals surface area contributed by atoms with Gasteiger partial charge in [0.15, 0.2) is 5.78 Å². The zero-order valence-electron chi connectivity index (χ0n) is 6.42. The summed E-state index contributed by atoms with van der Waals surface area (Å²) in [7, 11) is 0. The Kier molecular flexibility index (Phi) is 2.22. The third kappa shape index (κ3) is 1.78. The zero-order chi connectivity index (χ0) is 8.27. The molecule has 0 saturated carbocycles. The van der Waals surface area contributed by atoms with E-state index in [4.69, 9.17) is 5.26 Å². The lowest BCUT2D eigenvalue weighted by Gasteiger charge is -2.04. The van der Waals surface area contributed by atoms with E-state index in [0.29, 0.717) is 11.1 Å². The van der Waals surface area contributed by atoms with Gasteiger partial charge in [-0.3, -0.25) is 4.79 Å². The molecule has 0 bridgehead atoms. The summed E-state index contributed by atoms with van der Waals surface area (Å²) < 4.78 is 0. The fraction of sp³-hybridized carbons (Fsp3) is 0.333. The Labute approximate surface area is 65.8 Å². The van der Waals surface area contributed by atoms with E-state index in [2.05, 4.69) is 6.07 Å². The van der Waals surface area contributed by atoms with Crippen LogP contribution in [0.25, 0.3) is 0 Å². The van der Waals surface area contributed by atoms with Gasteiger partial charge in [0.25, 0.3) is 0 Å². The van der Waals surface area contributed by atoms with E-state index < -0.39 is 0 Å². The summed E-state index contributed by atoms with van der Waals surface area (Å²) in [6.45, 7) is 1.52. The molecule has 1 rings (SSSR count).